The van der Waals surface area contributed by atoms with E-state index in [0.29, 0.717) is 5.69 Å². The molecule has 0 saturated carbocycles. The van der Waals surface area contributed by atoms with Gasteiger partial charge < -0.3 is 0 Å². The summed E-state index contributed by atoms with van der Waals surface area (Å²) < 4.78 is 46.8. The number of hydrogen-bond donors (Lipinski definition) is 1. The van der Waals surface area contributed by atoms with Crippen molar-refractivity contribution in [1.29, 1.82) is 0 Å². The Hall–Kier alpha value is -1.12. The molecule has 0 aromatic heterocycles. The minimum atomic E-state index is -3.78. The Balaban J connectivity index is 3.20. The van der Waals surface area contributed by atoms with Gasteiger partial charge in [0.15, 0.2) is 0 Å². The van der Waals surface area contributed by atoms with Gasteiger partial charge in [-0.15, -0.1) is 0 Å². The highest BCUT2D eigenvalue weighted by atomic mass is 32.2. The molecule has 1 aromatic carbocycles. The summed E-state index contributed by atoms with van der Waals surface area (Å²) in [5.41, 5.74) is 0.377. The summed E-state index contributed by atoms with van der Waals surface area (Å²) in [4.78, 5) is -0.0576. The van der Waals surface area contributed by atoms with Crippen LogP contribution >= 0.6 is 0 Å². The Morgan fingerprint density at radius 1 is 1.00 bits per heavy atom. The predicted octanol–water partition coefficient (Wildman–Crippen LogP) is 0.898. The second-order valence-corrected chi connectivity index (χ2v) is 9.41. The summed E-state index contributed by atoms with van der Waals surface area (Å²) in [5.74, 6) is 0. The third-order valence-electron chi connectivity index (χ3n) is 2.66. The number of anilines is 1. The summed E-state index contributed by atoms with van der Waals surface area (Å²) in [6, 6.07) is 5.37. The van der Waals surface area contributed by atoms with Gasteiger partial charge >= 0.3 is 0 Å². The van der Waals surface area contributed by atoms with Crippen molar-refractivity contribution in [2.75, 3.05) is 11.4 Å². The summed E-state index contributed by atoms with van der Waals surface area (Å²) in [6.07, 6.45) is 0. The smallest absolute Gasteiger partial charge is 0.239 e. The van der Waals surface area contributed by atoms with Crippen molar-refractivity contribution in [3.05, 3.63) is 24.3 Å². The lowest BCUT2D eigenvalue weighted by Gasteiger charge is -2.28. The summed E-state index contributed by atoms with van der Waals surface area (Å²) in [5, 5.41) is 4.98. The molecular weight excluding hydrogens is 288 g/mol. The Labute approximate surface area is 114 Å². The van der Waals surface area contributed by atoms with Gasteiger partial charge in [0.25, 0.3) is 0 Å². The van der Waals surface area contributed by atoms with Crippen molar-refractivity contribution in [2.45, 2.75) is 30.4 Å². The van der Waals surface area contributed by atoms with Crippen LogP contribution < -0.4 is 9.44 Å². The van der Waals surface area contributed by atoms with Gasteiger partial charge in [-0.05, 0) is 45.0 Å². The first kappa shape index (κ1) is 15.9. The molecule has 0 radical (unpaired) electrons. The van der Waals surface area contributed by atoms with E-state index in [9.17, 15) is 16.8 Å². The van der Waals surface area contributed by atoms with Gasteiger partial charge in [-0.1, -0.05) is 0 Å². The van der Waals surface area contributed by atoms with Crippen molar-refractivity contribution in [1.82, 2.24) is 0 Å². The zero-order chi connectivity index (χ0) is 15.1. The highest BCUT2D eigenvalue weighted by Crippen LogP contribution is 2.25. The number of rotatable bonds is 3. The Morgan fingerprint density at radius 2 is 1.42 bits per heavy atom. The lowest BCUT2D eigenvalue weighted by atomic mass is 10.3. The fourth-order valence-corrected chi connectivity index (χ4v) is 3.13. The van der Waals surface area contributed by atoms with Crippen LogP contribution in [0.15, 0.2) is 29.2 Å². The molecule has 0 saturated heterocycles. The van der Waals surface area contributed by atoms with E-state index in [1.807, 2.05) is 0 Å². The van der Waals surface area contributed by atoms with Crippen LogP contribution in [0.3, 0.4) is 0 Å². The van der Waals surface area contributed by atoms with E-state index in [1.165, 1.54) is 31.3 Å². The maximum Gasteiger partial charge on any atom is 0.239 e. The van der Waals surface area contributed by atoms with Crippen LogP contribution in [0.2, 0.25) is 0 Å². The second kappa shape index (κ2) is 4.77. The van der Waals surface area contributed by atoms with Gasteiger partial charge in [0, 0.05) is 7.05 Å². The van der Waals surface area contributed by atoms with E-state index in [2.05, 4.69) is 0 Å². The van der Waals surface area contributed by atoms with Crippen LogP contribution in [0.25, 0.3) is 0 Å². The van der Waals surface area contributed by atoms with E-state index in [1.54, 1.807) is 20.8 Å². The van der Waals surface area contributed by atoms with Crippen molar-refractivity contribution in [3.8, 4) is 0 Å². The zero-order valence-electron chi connectivity index (χ0n) is 11.3. The molecule has 0 unspecified atom stereocenters. The van der Waals surface area contributed by atoms with E-state index in [4.69, 9.17) is 5.14 Å². The Kier molecular flexibility index (Phi) is 4.00. The maximum absolute atomic E-state index is 12.2. The first-order valence-corrected chi connectivity index (χ1v) is 8.47. The van der Waals surface area contributed by atoms with E-state index >= 15 is 0 Å². The van der Waals surface area contributed by atoms with Crippen LogP contribution in [0, 0.1) is 0 Å². The molecule has 0 bridgehead atoms. The van der Waals surface area contributed by atoms with E-state index in [-0.39, 0.29) is 4.90 Å². The molecular formula is C11H18N2O4S2. The van der Waals surface area contributed by atoms with E-state index in [0.717, 1.165) is 4.31 Å². The molecule has 8 heteroatoms. The number of primary sulfonamides is 1. The number of nitrogens with zero attached hydrogens (tertiary/aromatic N) is 1. The first-order valence-electron chi connectivity index (χ1n) is 5.49. The fraction of sp³-hybridized carbons (Fsp3) is 0.455. The number of benzene rings is 1. The molecule has 0 aliphatic rings. The van der Waals surface area contributed by atoms with Crippen LogP contribution in [-0.2, 0) is 20.0 Å². The standard InChI is InChI=1S/C11H18N2O4S2/c1-11(2,3)19(16,17)13(4)9-5-7-10(8-6-9)18(12,14)15/h5-8H,1-4H3,(H2,12,14,15). The lowest BCUT2D eigenvalue weighted by Crippen LogP contribution is -2.40. The van der Waals surface area contributed by atoms with Crippen LogP contribution in [0.5, 0.6) is 0 Å². The third-order valence-corrected chi connectivity index (χ3v) is 6.07. The average Bonchev–Trinajstić information content (AvgIpc) is 2.25. The predicted molar refractivity (Wildman–Crippen MR) is 74.9 cm³/mol. The molecule has 1 rings (SSSR count). The van der Waals surface area contributed by atoms with Gasteiger partial charge in [0.1, 0.15) is 0 Å². The summed E-state index contributed by atoms with van der Waals surface area (Å²) in [7, 11) is -5.88. The fourth-order valence-electron chi connectivity index (χ4n) is 1.40. The average molecular weight is 306 g/mol. The van der Waals surface area contributed by atoms with Crippen LogP contribution in [0.4, 0.5) is 5.69 Å². The molecule has 0 aliphatic carbocycles. The second-order valence-electron chi connectivity index (χ2n) is 5.12. The minimum absolute atomic E-state index is 0.0576. The highest BCUT2D eigenvalue weighted by Gasteiger charge is 2.33. The molecule has 0 spiro atoms. The third kappa shape index (κ3) is 3.26. The minimum Gasteiger partial charge on any atom is -0.273 e. The summed E-state index contributed by atoms with van der Waals surface area (Å²) >= 11 is 0. The zero-order valence-corrected chi connectivity index (χ0v) is 12.9. The molecule has 1 aromatic rings. The van der Waals surface area contributed by atoms with Crippen molar-refractivity contribution in [2.24, 2.45) is 5.14 Å². The molecule has 0 atom stereocenters. The largest absolute Gasteiger partial charge is 0.273 e. The van der Waals surface area contributed by atoms with Gasteiger partial charge in [0.2, 0.25) is 20.0 Å². The van der Waals surface area contributed by atoms with Gasteiger partial charge in [-0.25, -0.2) is 22.0 Å². The SMILES string of the molecule is CN(c1ccc(S(N)(=O)=O)cc1)S(=O)(=O)C(C)(C)C. The molecule has 2 N–H and O–H groups in total. The van der Waals surface area contributed by atoms with Crippen molar-refractivity contribution >= 4 is 25.7 Å². The van der Waals surface area contributed by atoms with Gasteiger partial charge in [-0.3, -0.25) is 4.31 Å². The quantitative estimate of drug-likeness (QED) is 0.897. The lowest BCUT2D eigenvalue weighted by molar-refractivity contribution is 0.558. The number of nitrogens with two attached hydrogens (primary N) is 1. The van der Waals surface area contributed by atoms with Crippen molar-refractivity contribution < 1.29 is 16.8 Å². The molecule has 0 heterocycles. The number of sulfonamides is 2. The molecule has 0 fully saturated rings. The van der Waals surface area contributed by atoms with E-state index < -0.39 is 24.8 Å². The van der Waals surface area contributed by atoms with Crippen LogP contribution in [0.1, 0.15) is 20.8 Å². The topological polar surface area (TPSA) is 97.5 Å². The molecule has 19 heavy (non-hydrogen) atoms. The molecule has 6 nitrogen and oxygen atoms in total. The molecule has 0 amide bonds. The highest BCUT2D eigenvalue weighted by molar-refractivity contribution is 7.94. The molecule has 108 valence electrons. The van der Waals surface area contributed by atoms with Crippen molar-refractivity contribution in [3.63, 3.8) is 0 Å². The normalized spacial score (nSPS) is 13.3. The summed E-state index contributed by atoms with van der Waals surface area (Å²) in [6.45, 7) is 4.78. The molecule has 0 aliphatic heterocycles. The van der Waals surface area contributed by atoms with Crippen LogP contribution in [-0.4, -0.2) is 28.6 Å². The Bertz CT molecular complexity index is 656. The maximum atomic E-state index is 12.2. The monoisotopic (exact) mass is 306 g/mol. The van der Waals surface area contributed by atoms with Gasteiger partial charge in [0.05, 0.1) is 15.3 Å². The first-order chi connectivity index (χ1) is 8.37. The number of hydrogen-bond acceptors (Lipinski definition) is 4. The van der Waals surface area contributed by atoms with Gasteiger partial charge in [-0.2, -0.15) is 0 Å². The Morgan fingerprint density at radius 3 is 1.74 bits per heavy atom.